The highest BCUT2D eigenvalue weighted by molar-refractivity contribution is 7.90. The van der Waals surface area contributed by atoms with Gasteiger partial charge in [0.05, 0.1) is 5.25 Å². The Morgan fingerprint density at radius 1 is 1.21 bits per heavy atom. The van der Waals surface area contributed by atoms with Crippen LogP contribution in [0.5, 0.6) is 0 Å². The zero-order valence-electron chi connectivity index (χ0n) is 8.28. The summed E-state index contributed by atoms with van der Waals surface area (Å²) in [5, 5.41) is -0.0978. The Morgan fingerprint density at radius 2 is 1.93 bits per heavy atom. The van der Waals surface area contributed by atoms with Gasteiger partial charge in [-0.3, -0.25) is 0 Å². The van der Waals surface area contributed by atoms with Gasteiger partial charge < -0.3 is 5.73 Å². The highest BCUT2D eigenvalue weighted by Crippen LogP contribution is 2.30. The molecule has 2 aliphatic rings. The molecule has 2 rings (SSSR count). The molecule has 3 N–H and O–H groups in total. The van der Waals surface area contributed by atoms with Gasteiger partial charge in [-0.2, -0.15) is 0 Å². The monoisotopic (exact) mass is 218 g/mol. The van der Waals surface area contributed by atoms with Crippen molar-refractivity contribution in [3.8, 4) is 0 Å². The third kappa shape index (κ3) is 2.27. The van der Waals surface area contributed by atoms with Crippen LogP contribution >= 0.6 is 0 Å². The second kappa shape index (κ2) is 3.79. The number of nitrogens with one attached hydrogen (secondary N) is 1. The quantitative estimate of drug-likeness (QED) is 0.708. The Kier molecular flexibility index (Phi) is 2.81. The first-order chi connectivity index (χ1) is 6.62. The summed E-state index contributed by atoms with van der Waals surface area (Å²) < 4.78 is 26.0. The lowest BCUT2D eigenvalue weighted by atomic mass is 10.1. The molecule has 0 aromatic rings. The van der Waals surface area contributed by atoms with Crippen LogP contribution in [0.2, 0.25) is 0 Å². The highest BCUT2D eigenvalue weighted by Gasteiger charge is 2.38. The Morgan fingerprint density at radius 3 is 2.43 bits per heavy atom. The fourth-order valence-electron chi connectivity index (χ4n) is 2.10. The summed E-state index contributed by atoms with van der Waals surface area (Å²) in [5.41, 5.74) is 5.55. The van der Waals surface area contributed by atoms with Gasteiger partial charge in [0.25, 0.3) is 0 Å². The van der Waals surface area contributed by atoms with Crippen LogP contribution in [-0.2, 0) is 10.0 Å². The predicted octanol–water partition coefficient (Wildman–Crippen LogP) is 0.196. The normalized spacial score (nSPS) is 33.5. The first-order valence-electron chi connectivity index (χ1n) is 5.33. The molecule has 0 radical (unpaired) electrons. The van der Waals surface area contributed by atoms with Gasteiger partial charge in [0, 0.05) is 6.04 Å². The van der Waals surface area contributed by atoms with E-state index >= 15 is 0 Å². The molecule has 0 heterocycles. The average molecular weight is 218 g/mol. The van der Waals surface area contributed by atoms with Gasteiger partial charge >= 0.3 is 0 Å². The molecule has 82 valence electrons. The summed E-state index contributed by atoms with van der Waals surface area (Å²) in [6.07, 6.45) is 4.61. The Bertz CT molecular complexity index is 298. The van der Waals surface area contributed by atoms with Crippen LogP contribution < -0.4 is 10.5 Å². The molecule has 0 aromatic heterocycles. The molecule has 0 amide bonds. The van der Waals surface area contributed by atoms with Crippen LogP contribution in [0, 0.1) is 5.92 Å². The molecule has 2 atom stereocenters. The van der Waals surface area contributed by atoms with Crippen molar-refractivity contribution < 1.29 is 8.42 Å². The maximum absolute atomic E-state index is 11.6. The molecule has 0 saturated heterocycles. The summed E-state index contributed by atoms with van der Waals surface area (Å²) in [5.74, 6) is 0.516. The molecule has 0 aromatic carbocycles. The molecule has 0 bridgehead atoms. The van der Waals surface area contributed by atoms with Gasteiger partial charge in [-0.05, 0) is 44.6 Å². The van der Waals surface area contributed by atoms with Gasteiger partial charge in [0.2, 0.25) is 10.0 Å². The zero-order valence-corrected chi connectivity index (χ0v) is 9.09. The van der Waals surface area contributed by atoms with Crippen molar-refractivity contribution in [2.75, 3.05) is 6.54 Å². The summed E-state index contributed by atoms with van der Waals surface area (Å²) in [6.45, 7) is 0.682. The van der Waals surface area contributed by atoms with E-state index in [9.17, 15) is 8.42 Å². The second-order valence-electron chi connectivity index (χ2n) is 4.47. The Labute approximate surface area is 85.3 Å². The predicted molar refractivity (Wildman–Crippen MR) is 55.3 cm³/mol. The molecule has 2 aliphatic carbocycles. The Hall–Kier alpha value is -0.130. The van der Waals surface area contributed by atoms with E-state index < -0.39 is 10.0 Å². The first kappa shape index (κ1) is 10.4. The summed E-state index contributed by atoms with van der Waals surface area (Å²) in [6, 6.07) is 0.147. The highest BCUT2D eigenvalue weighted by atomic mass is 32.2. The van der Waals surface area contributed by atoms with Gasteiger partial charge in [0.1, 0.15) is 0 Å². The van der Waals surface area contributed by atoms with Crippen LogP contribution in [0.25, 0.3) is 0 Å². The van der Waals surface area contributed by atoms with Crippen molar-refractivity contribution in [1.82, 2.24) is 4.72 Å². The molecule has 0 aliphatic heterocycles. The molecular weight excluding hydrogens is 200 g/mol. The standard InChI is InChI=1S/C9H18N2O2S/c10-6-7-1-2-8(5-7)11-14(12,13)9-3-4-9/h7-9,11H,1-6,10H2/t7-,8+/m1/s1. The molecule has 0 unspecified atom stereocenters. The minimum Gasteiger partial charge on any atom is -0.330 e. The maximum atomic E-state index is 11.6. The number of hydrogen-bond donors (Lipinski definition) is 2. The number of rotatable bonds is 4. The topological polar surface area (TPSA) is 72.2 Å². The molecule has 2 fully saturated rings. The van der Waals surface area contributed by atoms with Crippen molar-refractivity contribution in [1.29, 1.82) is 0 Å². The lowest BCUT2D eigenvalue weighted by Gasteiger charge is -2.12. The van der Waals surface area contributed by atoms with Gasteiger partial charge in [-0.15, -0.1) is 0 Å². The average Bonchev–Trinajstić information content (AvgIpc) is 2.89. The summed E-state index contributed by atoms with van der Waals surface area (Å²) >= 11 is 0. The molecular formula is C9H18N2O2S. The van der Waals surface area contributed by atoms with Gasteiger partial charge in [-0.25, -0.2) is 13.1 Å². The lowest BCUT2D eigenvalue weighted by molar-refractivity contribution is 0.522. The van der Waals surface area contributed by atoms with Crippen LogP contribution in [0.3, 0.4) is 0 Å². The lowest BCUT2D eigenvalue weighted by Crippen LogP contribution is -2.35. The van der Waals surface area contributed by atoms with Crippen LogP contribution in [-0.4, -0.2) is 26.3 Å². The third-order valence-electron chi connectivity index (χ3n) is 3.17. The van der Waals surface area contributed by atoms with E-state index in [2.05, 4.69) is 4.72 Å². The fraction of sp³-hybridized carbons (Fsp3) is 1.00. The van der Waals surface area contributed by atoms with Crippen LogP contribution in [0.4, 0.5) is 0 Å². The van der Waals surface area contributed by atoms with E-state index in [4.69, 9.17) is 5.73 Å². The smallest absolute Gasteiger partial charge is 0.214 e. The SMILES string of the molecule is NC[C@@H]1CC[C@H](NS(=O)(=O)C2CC2)C1. The van der Waals surface area contributed by atoms with Crippen molar-refractivity contribution in [2.24, 2.45) is 11.7 Å². The van der Waals surface area contributed by atoms with Crippen molar-refractivity contribution in [3.05, 3.63) is 0 Å². The van der Waals surface area contributed by atoms with E-state index in [0.717, 1.165) is 32.1 Å². The van der Waals surface area contributed by atoms with Crippen molar-refractivity contribution in [2.45, 2.75) is 43.4 Å². The van der Waals surface area contributed by atoms with E-state index in [0.29, 0.717) is 12.5 Å². The maximum Gasteiger partial charge on any atom is 0.214 e. The van der Waals surface area contributed by atoms with E-state index in [1.807, 2.05) is 0 Å². The van der Waals surface area contributed by atoms with Gasteiger partial charge in [-0.1, -0.05) is 0 Å². The van der Waals surface area contributed by atoms with Crippen molar-refractivity contribution in [3.63, 3.8) is 0 Å². The van der Waals surface area contributed by atoms with Gasteiger partial charge in [0.15, 0.2) is 0 Å². The van der Waals surface area contributed by atoms with Crippen LogP contribution in [0.15, 0.2) is 0 Å². The zero-order chi connectivity index (χ0) is 10.2. The van der Waals surface area contributed by atoms with E-state index in [1.165, 1.54) is 0 Å². The minimum atomic E-state index is -2.99. The summed E-state index contributed by atoms with van der Waals surface area (Å²) in [7, 11) is -2.99. The van der Waals surface area contributed by atoms with Crippen LogP contribution in [0.1, 0.15) is 32.1 Å². The minimum absolute atomic E-state index is 0.0978. The molecule has 14 heavy (non-hydrogen) atoms. The molecule has 2 saturated carbocycles. The number of sulfonamides is 1. The van der Waals surface area contributed by atoms with E-state index in [1.54, 1.807) is 0 Å². The number of hydrogen-bond acceptors (Lipinski definition) is 3. The summed E-state index contributed by atoms with van der Waals surface area (Å²) in [4.78, 5) is 0. The second-order valence-corrected chi connectivity index (χ2v) is 6.47. The number of nitrogens with two attached hydrogens (primary N) is 1. The largest absolute Gasteiger partial charge is 0.330 e. The third-order valence-corrected chi connectivity index (χ3v) is 5.18. The molecule has 4 nitrogen and oxygen atoms in total. The Balaban J connectivity index is 1.86. The fourth-order valence-corrected chi connectivity index (χ4v) is 3.73. The molecule has 5 heteroatoms. The first-order valence-corrected chi connectivity index (χ1v) is 6.87. The van der Waals surface area contributed by atoms with Crippen molar-refractivity contribution >= 4 is 10.0 Å². The van der Waals surface area contributed by atoms with E-state index in [-0.39, 0.29) is 11.3 Å². The molecule has 0 spiro atoms.